The summed E-state index contributed by atoms with van der Waals surface area (Å²) in [4.78, 5) is 0.748. The number of nitrogen functional groups attached to an aromatic ring is 1. The maximum absolute atomic E-state index is 12.3. The molecule has 1 aromatic carbocycles. The van der Waals surface area contributed by atoms with Crippen LogP contribution in [0.5, 0.6) is 0 Å². The van der Waals surface area contributed by atoms with Crippen molar-refractivity contribution in [3.63, 3.8) is 0 Å². The molecule has 96 valence electrons. The van der Waals surface area contributed by atoms with Crippen LogP contribution in [0.4, 0.5) is 5.69 Å². The highest BCUT2D eigenvalue weighted by atomic mass is 79.9. The summed E-state index contributed by atoms with van der Waals surface area (Å²) in [5.41, 5.74) is 5.88. The number of benzene rings is 1. The Morgan fingerprint density at radius 3 is 2.67 bits per heavy atom. The molecule has 1 heterocycles. The van der Waals surface area contributed by atoms with E-state index in [4.69, 9.17) is 17.3 Å². The quantitative estimate of drug-likeness (QED) is 0.842. The third-order valence-corrected chi connectivity index (χ3v) is 6.34. The van der Waals surface area contributed by atoms with E-state index in [1.54, 1.807) is 12.1 Å². The van der Waals surface area contributed by atoms with Gasteiger partial charge in [-0.2, -0.15) is 0 Å². The van der Waals surface area contributed by atoms with Crippen molar-refractivity contribution in [3.05, 3.63) is 44.0 Å². The molecule has 0 aliphatic carbocycles. The third-order valence-electron chi connectivity index (χ3n) is 2.26. The zero-order chi connectivity index (χ0) is 13.3. The van der Waals surface area contributed by atoms with Crippen LogP contribution in [-0.4, -0.2) is 8.42 Å². The first-order valence-electron chi connectivity index (χ1n) is 4.90. The predicted octanol–water partition coefficient (Wildman–Crippen LogP) is 3.72. The van der Waals surface area contributed by atoms with Gasteiger partial charge in [-0.1, -0.05) is 17.7 Å². The van der Waals surface area contributed by atoms with Gasteiger partial charge in [0, 0.05) is 14.7 Å². The molecule has 0 aliphatic heterocycles. The van der Waals surface area contributed by atoms with Gasteiger partial charge in [-0.25, -0.2) is 8.42 Å². The van der Waals surface area contributed by atoms with Crippen LogP contribution in [0.25, 0.3) is 0 Å². The van der Waals surface area contributed by atoms with E-state index in [0.717, 1.165) is 9.35 Å². The second-order valence-corrected chi connectivity index (χ2v) is 7.89. The molecule has 3 nitrogen and oxygen atoms in total. The average Bonchev–Trinajstić information content (AvgIpc) is 2.62. The Bertz CT molecular complexity index is 662. The van der Waals surface area contributed by atoms with E-state index < -0.39 is 9.84 Å². The summed E-state index contributed by atoms with van der Waals surface area (Å²) in [6.45, 7) is 0. The highest BCUT2D eigenvalue weighted by Gasteiger charge is 2.22. The van der Waals surface area contributed by atoms with Gasteiger partial charge in [-0.15, -0.1) is 11.3 Å². The number of rotatable bonds is 3. The van der Waals surface area contributed by atoms with E-state index in [0.29, 0.717) is 0 Å². The van der Waals surface area contributed by atoms with E-state index in [-0.39, 0.29) is 21.4 Å². The molecule has 0 amide bonds. The van der Waals surface area contributed by atoms with Gasteiger partial charge in [0.15, 0.2) is 9.84 Å². The number of sulfone groups is 1. The fourth-order valence-electron chi connectivity index (χ4n) is 1.54. The summed E-state index contributed by atoms with van der Waals surface area (Å²) in [7, 11) is -3.53. The van der Waals surface area contributed by atoms with Gasteiger partial charge >= 0.3 is 0 Å². The Morgan fingerprint density at radius 2 is 2.11 bits per heavy atom. The van der Waals surface area contributed by atoms with Crippen molar-refractivity contribution in [2.24, 2.45) is 0 Å². The van der Waals surface area contributed by atoms with Crippen molar-refractivity contribution in [1.82, 2.24) is 0 Å². The number of halogens is 2. The summed E-state index contributed by atoms with van der Waals surface area (Å²) in [5, 5.41) is 1.99. The van der Waals surface area contributed by atoms with Crippen molar-refractivity contribution in [1.29, 1.82) is 0 Å². The van der Waals surface area contributed by atoms with Crippen molar-refractivity contribution < 1.29 is 8.42 Å². The molecule has 1 aromatic heterocycles. The van der Waals surface area contributed by atoms with Crippen LogP contribution < -0.4 is 5.73 Å². The molecule has 0 bridgehead atoms. The van der Waals surface area contributed by atoms with E-state index in [2.05, 4.69) is 15.9 Å². The lowest BCUT2D eigenvalue weighted by Crippen LogP contribution is -2.07. The first-order chi connectivity index (χ1) is 8.40. The first-order valence-corrected chi connectivity index (χ1v) is 8.60. The average molecular weight is 367 g/mol. The van der Waals surface area contributed by atoms with Crippen molar-refractivity contribution in [3.8, 4) is 0 Å². The van der Waals surface area contributed by atoms with Gasteiger partial charge < -0.3 is 5.73 Å². The molecule has 2 N–H and O–H groups in total. The minimum absolute atomic E-state index is 0.0104. The van der Waals surface area contributed by atoms with Gasteiger partial charge in [0.2, 0.25) is 0 Å². The van der Waals surface area contributed by atoms with Crippen LogP contribution in [0.15, 0.2) is 39.0 Å². The second-order valence-electron chi connectivity index (χ2n) is 3.65. The third kappa shape index (κ3) is 2.88. The monoisotopic (exact) mass is 365 g/mol. The van der Waals surface area contributed by atoms with Gasteiger partial charge in [-0.3, -0.25) is 0 Å². The van der Waals surface area contributed by atoms with Crippen molar-refractivity contribution in [2.75, 3.05) is 5.73 Å². The van der Waals surface area contributed by atoms with Crippen molar-refractivity contribution in [2.45, 2.75) is 10.6 Å². The fraction of sp³-hybridized carbons (Fsp3) is 0.0909. The second kappa shape index (κ2) is 5.21. The van der Waals surface area contributed by atoms with E-state index >= 15 is 0 Å². The van der Waals surface area contributed by atoms with Crippen molar-refractivity contribution >= 4 is 54.4 Å². The fourth-order valence-corrected chi connectivity index (χ4v) is 5.44. The summed E-state index contributed by atoms with van der Waals surface area (Å²) in [6.07, 6.45) is 0. The lowest BCUT2D eigenvalue weighted by molar-refractivity contribution is 0.596. The van der Waals surface area contributed by atoms with Gasteiger partial charge in [0.05, 0.1) is 16.5 Å². The Labute approximate surface area is 123 Å². The number of nitrogens with two attached hydrogens (primary N) is 1. The smallest absolute Gasteiger partial charge is 0.186 e. The number of anilines is 1. The lowest BCUT2D eigenvalue weighted by atomic mass is 10.3. The Hall–Kier alpha value is -0.560. The zero-order valence-electron chi connectivity index (χ0n) is 9.06. The standard InChI is InChI=1S/C11H9BrClNO2S2/c12-7-4-8(17-5-7)6-18(15,16)11-9(13)2-1-3-10(11)14/h1-5H,6,14H2. The topological polar surface area (TPSA) is 60.2 Å². The molecule has 0 aliphatic rings. The summed E-state index contributed by atoms with van der Waals surface area (Å²) >= 11 is 10.6. The Kier molecular flexibility index (Phi) is 4.01. The minimum Gasteiger partial charge on any atom is -0.398 e. The summed E-state index contributed by atoms with van der Waals surface area (Å²) in [5.74, 6) is -0.100. The number of hydrogen-bond donors (Lipinski definition) is 1. The summed E-state index contributed by atoms with van der Waals surface area (Å²) < 4.78 is 25.4. The molecule has 0 saturated heterocycles. The van der Waals surface area contributed by atoms with E-state index in [1.807, 2.05) is 5.38 Å². The minimum atomic E-state index is -3.53. The lowest BCUT2D eigenvalue weighted by Gasteiger charge is -2.08. The Balaban J connectivity index is 2.43. The molecule has 0 spiro atoms. The van der Waals surface area contributed by atoms with Crippen LogP contribution in [0.1, 0.15) is 4.88 Å². The van der Waals surface area contributed by atoms with E-state index in [1.165, 1.54) is 23.5 Å². The molecule has 18 heavy (non-hydrogen) atoms. The van der Waals surface area contributed by atoms with Crippen LogP contribution in [0.2, 0.25) is 5.02 Å². The SMILES string of the molecule is Nc1cccc(Cl)c1S(=O)(=O)Cc1cc(Br)cs1. The van der Waals surface area contributed by atoms with Gasteiger partial charge in [0.25, 0.3) is 0 Å². The summed E-state index contributed by atoms with van der Waals surface area (Å²) in [6, 6.07) is 6.45. The molecule has 0 unspecified atom stereocenters. The first kappa shape index (κ1) is 13.9. The van der Waals surface area contributed by atoms with Gasteiger partial charge in [0.1, 0.15) is 4.90 Å². The number of thiophene rings is 1. The molecular formula is C11H9BrClNO2S2. The van der Waals surface area contributed by atoms with Gasteiger partial charge in [-0.05, 0) is 34.1 Å². The highest BCUT2D eigenvalue weighted by molar-refractivity contribution is 9.10. The van der Waals surface area contributed by atoms with Crippen LogP contribution in [0, 0.1) is 0 Å². The maximum Gasteiger partial charge on any atom is 0.186 e. The largest absolute Gasteiger partial charge is 0.398 e. The van der Waals surface area contributed by atoms with Crippen LogP contribution in [0.3, 0.4) is 0 Å². The molecule has 0 radical (unpaired) electrons. The normalized spacial score (nSPS) is 11.7. The Morgan fingerprint density at radius 1 is 1.39 bits per heavy atom. The van der Waals surface area contributed by atoms with E-state index in [9.17, 15) is 8.42 Å². The maximum atomic E-state index is 12.3. The zero-order valence-corrected chi connectivity index (χ0v) is 13.0. The molecular weight excluding hydrogens is 358 g/mol. The molecule has 0 atom stereocenters. The number of hydrogen-bond acceptors (Lipinski definition) is 4. The predicted molar refractivity (Wildman–Crippen MR) is 78.8 cm³/mol. The van der Waals surface area contributed by atoms with Crippen LogP contribution in [-0.2, 0) is 15.6 Å². The molecule has 0 saturated carbocycles. The molecule has 2 rings (SSSR count). The van der Waals surface area contributed by atoms with Crippen LogP contribution >= 0.6 is 38.9 Å². The highest BCUT2D eigenvalue weighted by Crippen LogP contribution is 2.31. The molecule has 2 aromatic rings. The molecule has 0 fully saturated rings. The molecule has 7 heteroatoms.